The first kappa shape index (κ1) is 17.5. The van der Waals surface area contributed by atoms with E-state index in [9.17, 15) is 9.59 Å². The average molecular weight is 365 g/mol. The van der Waals surface area contributed by atoms with E-state index < -0.39 is 5.92 Å². The SMILES string of the molecule is COc1ccc2c(c1)[C@H](C(=O)N1CCC(c3ccncc3)CC1)CC(=O)N2. The van der Waals surface area contributed by atoms with Gasteiger partial charge in [-0.3, -0.25) is 14.6 Å². The molecule has 3 heterocycles. The van der Waals surface area contributed by atoms with Crippen LogP contribution in [0, 0.1) is 0 Å². The van der Waals surface area contributed by atoms with Crippen LogP contribution >= 0.6 is 0 Å². The molecular formula is C21H23N3O3. The first-order valence-electron chi connectivity index (χ1n) is 9.32. The van der Waals surface area contributed by atoms with Gasteiger partial charge in [0.05, 0.1) is 13.0 Å². The van der Waals surface area contributed by atoms with Crippen LogP contribution in [-0.4, -0.2) is 41.9 Å². The maximum atomic E-state index is 13.2. The number of fused-ring (bicyclic) bond motifs is 1. The molecule has 2 aromatic rings. The maximum absolute atomic E-state index is 13.2. The van der Waals surface area contributed by atoms with Gasteiger partial charge in [-0.2, -0.15) is 0 Å². The molecule has 0 unspecified atom stereocenters. The van der Waals surface area contributed by atoms with Crippen molar-refractivity contribution in [3.8, 4) is 5.75 Å². The Labute approximate surface area is 158 Å². The molecule has 2 aliphatic rings. The second-order valence-corrected chi connectivity index (χ2v) is 7.14. The third-order valence-electron chi connectivity index (χ3n) is 5.58. The van der Waals surface area contributed by atoms with Crippen LogP contribution < -0.4 is 10.1 Å². The number of rotatable bonds is 3. The molecule has 140 valence electrons. The fourth-order valence-corrected chi connectivity index (χ4v) is 4.08. The molecule has 1 atom stereocenters. The van der Waals surface area contributed by atoms with Crippen LogP contribution in [0.1, 0.15) is 42.2 Å². The summed E-state index contributed by atoms with van der Waals surface area (Å²) in [6.45, 7) is 1.42. The lowest BCUT2D eigenvalue weighted by molar-refractivity contribution is -0.135. The Balaban J connectivity index is 1.50. The number of piperidine rings is 1. The zero-order valence-corrected chi connectivity index (χ0v) is 15.4. The lowest BCUT2D eigenvalue weighted by atomic mass is 9.86. The number of likely N-dealkylation sites (tertiary alicyclic amines) is 1. The van der Waals surface area contributed by atoms with Gasteiger partial charge in [-0.1, -0.05) is 0 Å². The van der Waals surface area contributed by atoms with Gasteiger partial charge in [0.1, 0.15) is 5.75 Å². The Morgan fingerprint density at radius 3 is 2.63 bits per heavy atom. The minimum atomic E-state index is -0.443. The molecule has 27 heavy (non-hydrogen) atoms. The third kappa shape index (κ3) is 3.52. The van der Waals surface area contributed by atoms with Crippen molar-refractivity contribution >= 4 is 17.5 Å². The Morgan fingerprint density at radius 2 is 1.93 bits per heavy atom. The molecule has 1 saturated heterocycles. The minimum Gasteiger partial charge on any atom is -0.497 e. The summed E-state index contributed by atoms with van der Waals surface area (Å²) in [4.78, 5) is 31.3. The molecular weight excluding hydrogens is 342 g/mol. The second-order valence-electron chi connectivity index (χ2n) is 7.14. The number of hydrogen-bond acceptors (Lipinski definition) is 4. The standard InChI is InChI=1S/C21H23N3O3/c1-27-16-2-3-19-17(12-16)18(13-20(25)23-19)21(26)24-10-6-15(7-11-24)14-4-8-22-9-5-14/h2-5,8-9,12,15,18H,6-7,10-11,13H2,1H3,(H,23,25)/t18-/m1/s1. The van der Waals surface area contributed by atoms with Crippen LogP contribution in [0.5, 0.6) is 5.75 Å². The molecule has 6 heteroatoms. The Kier molecular flexibility index (Phi) is 4.79. The molecule has 0 bridgehead atoms. The van der Waals surface area contributed by atoms with Crippen LogP contribution in [0.2, 0.25) is 0 Å². The predicted octanol–water partition coefficient (Wildman–Crippen LogP) is 2.92. The van der Waals surface area contributed by atoms with Crippen molar-refractivity contribution in [2.45, 2.75) is 31.1 Å². The normalized spacial score (nSPS) is 20.0. The third-order valence-corrected chi connectivity index (χ3v) is 5.58. The van der Waals surface area contributed by atoms with Crippen LogP contribution in [0.4, 0.5) is 5.69 Å². The molecule has 2 amide bonds. The number of carbonyl (C=O) groups is 2. The number of pyridine rings is 1. The number of aromatic nitrogens is 1. The second kappa shape index (κ2) is 7.39. The molecule has 1 aromatic carbocycles. The van der Waals surface area contributed by atoms with Gasteiger partial charge in [0, 0.05) is 37.6 Å². The van der Waals surface area contributed by atoms with E-state index in [1.165, 1.54) is 5.56 Å². The highest BCUT2D eigenvalue weighted by Crippen LogP contribution is 2.37. The van der Waals surface area contributed by atoms with E-state index in [0.29, 0.717) is 30.4 Å². The van der Waals surface area contributed by atoms with Crippen molar-refractivity contribution in [1.82, 2.24) is 9.88 Å². The minimum absolute atomic E-state index is 0.0348. The number of ether oxygens (including phenoxy) is 1. The largest absolute Gasteiger partial charge is 0.497 e. The molecule has 0 spiro atoms. The van der Waals surface area contributed by atoms with Crippen molar-refractivity contribution in [2.24, 2.45) is 0 Å². The summed E-state index contributed by atoms with van der Waals surface area (Å²) >= 11 is 0. The molecule has 0 saturated carbocycles. The Bertz CT molecular complexity index is 845. The van der Waals surface area contributed by atoms with E-state index in [2.05, 4.69) is 22.4 Å². The molecule has 0 aliphatic carbocycles. The molecule has 1 N–H and O–H groups in total. The van der Waals surface area contributed by atoms with Crippen LogP contribution in [-0.2, 0) is 9.59 Å². The van der Waals surface area contributed by atoms with Gasteiger partial charge >= 0.3 is 0 Å². The van der Waals surface area contributed by atoms with Crippen molar-refractivity contribution < 1.29 is 14.3 Å². The number of anilines is 1. The zero-order chi connectivity index (χ0) is 18.8. The highest BCUT2D eigenvalue weighted by molar-refractivity contribution is 6.01. The number of nitrogens with one attached hydrogen (secondary N) is 1. The smallest absolute Gasteiger partial charge is 0.230 e. The number of hydrogen-bond donors (Lipinski definition) is 1. The number of carbonyl (C=O) groups excluding carboxylic acids is 2. The predicted molar refractivity (Wildman–Crippen MR) is 102 cm³/mol. The molecule has 0 radical (unpaired) electrons. The van der Waals surface area contributed by atoms with E-state index in [-0.39, 0.29) is 18.2 Å². The number of benzene rings is 1. The summed E-state index contributed by atoms with van der Waals surface area (Å²) in [7, 11) is 1.60. The fourth-order valence-electron chi connectivity index (χ4n) is 4.08. The summed E-state index contributed by atoms with van der Waals surface area (Å²) in [6.07, 6.45) is 5.68. The van der Waals surface area contributed by atoms with Crippen LogP contribution in [0.25, 0.3) is 0 Å². The van der Waals surface area contributed by atoms with Crippen molar-refractivity contribution in [1.29, 1.82) is 0 Å². The van der Waals surface area contributed by atoms with Crippen LogP contribution in [0.15, 0.2) is 42.7 Å². The topological polar surface area (TPSA) is 71.5 Å². The monoisotopic (exact) mass is 365 g/mol. The van der Waals surface area contributed by atoms with Gasteiger partial charge in [-0.05, 0) is 60.2 Å². The fraction of sp³-hybridized carbons (Fsp3) is 0.381. The highest BCUT2D eigenvalue weighted by Gasteiger charge is 2.35. The summed E-state index contributed by atoms with van der Waals surface area (Å²) < 4.78 is 5.30. The Hall–Kier alpha value is -2.89. The van der Waals surface area contributed by atoms with Gasteiger partial charge in [0.15, 0.2) is 0 Å². The van der Waals surface area contributed by atoms with Gasteiger partial charge in [0.25, 0.3) is 0 Å². The Morgan fingerprint density at radius 1 is 1.19 bits per heavy atom. The highest BCUT2D eigenvalue weighted by atomic mass is 16.5. The molecule has 6 nitrogen and oxygen atoms in total. The summed E-state index contributed by atoms with van der Waals surface area (Å²) in [5.41, 5.74) is 2.83. The lowest BCUT2D eigenvalue weighted by Crippen LogP contribution is -2.42. The first-order valence-corrected chi connectivity index (χ1v) is 9.32. The van der Waals surface area contributed by atoms with E-state index in [1.807, 2.05) is 23.4 Å². The molecule has 1 aromatic heterocycles. The van der Waals surface area contributed by atoms with E-state index >= 15 is 0 Å². The van der Waals surface area contributed by atoms with Gasteiger partial charge in [-0.25, -0.2) is 0 Å². The zero-order valence-electron chi connectivity index (χ0n) is 15.4. The van der Waals surface area contributed by atoms with Crippen molar-refractivity contribution in [3.63, 3.8) is 0 Å². The number of amides is 2. The molecule has 4 rings (SSSR count). The molecule has 1 fully saturated rings. The van der Waals surface area contributed by atoms with Crippen molar-refractivity contribution in [3.05, 3.63) is 53.9 Å². The first-order chi connectivity index (χ1) is 13.2. The van der Waals surface area contributed by atoms with Gasteiger partial charge < -0.3 is 15.0 Å². The lowest BCUT2D eigenvalue weighted by Gasteiger charge is -2.36. The van der Waals surface area contributed by atoms with E-state index in [0.717, 1.165) is 18.4 Å². The van der Waals surface area contributed by atoms with Crippen molar-refractivity contribution in [2.75, 3.05) is 25.5 Å². The van der Waals surface area contributed by atoms with E-state index in [4.69, 9.17) is 4.74 Å². The summed E-state index contributed by atoms with van der Waals surface area (Å²) in [5, 5.41) is 2.86. The summed E-state index contributed by atoms with van der Waals surface area (Å²) in [5.74, 6) is 0.629. The van der Waals surface area contributed by atoms with Crippen LogP contribution in [0.3, 0.4) is 0 Å². The maximum Gasteiger partial charge on any atom is 0.230 e. The van der Waals surface area contributed by atoms with Gasteiger partial charge in [0.2, 0.25) is 11.8 Å². The molecule has 2 aliphatic heterocycles. The number of methoxy groups -OCH3 is 1. The number of nitrogens with zero attached hydrogens (tertiary/aromatic N) is 2. The average Bonchev–Trinajstić information content (AvgIpc) is 2.73. The van der Waals surface area contributed by atoms with E-state index in [1.54, 1.807) is 19.2 Å². The summed E-state index contributed by atoms with van der Waals surface area (Å²) in [6, 6.07) is 9.57. The van der Waals surface area contributed by atoms with Gasteiger partial charge in [-0.15, -0.1) is 0 Å². The quantitative estimate of drug-likeness (QED) is 0.908.